The second kappa shape index (κ2) is 5.26. The number of carboxylic acid groups (broad SMARTS) is 1. The molecule has 1 aromatic carbocycles. The van der Waals surface area contributed by atoms with Crippen LogP contribution in [0.15, 0.2) is 36.5 Å². The molecule has 100 valence electrons. The average Bonchev–Trinajstić information content (AvgIpc) is 2.93. The fourth-order valence-corrected chi connectivity index (χ4v) is 2.56. The summed E-state index contributed by atoms with van der Waals surface area (Å²) in [6.45, 7) is 4.19. The summed E-state index contributed by atoms with van der Waals surface area (Å²) in [7, 11) is 0. The number of nitrogens with one attached hydrogen (secondary N) is 1. The molecule has 2 N–H and O–H groups in total. The van der Waals surface area contributed by atoms with Crippen molar-refractivity contribution in [2.24, 2.45) is 0 Å². The molecule has 0 amide bonds. The van der Waals surface area contributed by atoms with Crippen molar-refractivity contribution in [3.8, 4) is 0 Å². The largest absolute Gasteiger partial charge is 0.477 e. The van der Waals surface area contributed by atoms with Crippen LogP contribution in [0.5, 0.6) is 0 Å². The minimum absolute atomic E-state index is 0.136. The Balaban J connectivity index is 2.52. The summed E-state index contributed by atoms with van der Waals surface area (Å²) in [6.07, 6.45) is 3.11. The van der Waals surface area contributed by atoms with Gasteiger partial charge in [-0.15, -0.1) is 0 Å². The monoisotopic (exact) mass is 258 g/mol. The number of benzene rings is 1. The first-order chi connectivity index (χ1) is 9.14. The van der Waals surface area contributed by atoms with Crippen LogP contribution in [0.25, 0.3) is 0 Å². The van der Waals surface area contributed by atoms with Crippen LogP contribution < -0.4 is 0 Å². The number of imidazole rings is 1. The predicted octanol–water partition coefficient (Wildman–Crippen LogP) is 3.21. The number of carbonyl (C=O) groups is 1. The fourth-order valence-electron chi connectivity index (χ4n) is 2.56. The Bertz CT molecular complexity index is 557. The van der Waals surface area contributed by atoms with Crippen LogP contribution in [0.4, 0.5) is 0 Å². The Kier molecular flexibility index (Phi) is 3.69. The van der Waals surface area contributed by atoms with Crippen molar-refractivity contribution in [3.05, 3.63) is 53.6 Å². The lowest BCUT2D eigenvalue weighted by molar-refractivity contribution is 0.0691. The van der Waals surface area contributed by atoms with E-state index >= 15 is 0 Å². The number of carboxylic acids is 1. The van der Waals surface area contributed by atoms with Gasteiger partial charge in [-0.1, -0.05) is 44.2 Å². The van der Waals surface area contributed by atoms with E-state index in [1.54, 1.807) is 0 Å². The molecule has 0 saturated carbocycles. The molecule has 0 saturated heterocycles. The van der Waals surface area contributed by atoms with E-state index in [4.69, 9.17) is 5.11 Å². The van der Waals surface area contributed by atoms with Crippen LogP contribution in [0.2, 0.25) is 0 Å². The summed E-state index contributed by atoms with van der Waals surface area (Å²) in [4.78, 5) is 18.2. The maximum atomic E-state index is 11.0. The third kappa shape index (κ3) is 2.26. The van der Waals surface area contributed by atoms with E-state index in [0.29, 0.717) is 0 Å². The minimum Gasteiger partial charge on any atom is -0.477 e. The van der Waals surface area contributed by atoms with Crippen molar-refractivity contribution in [2.45, 2.75) is 32.1 Å². The molecule has 4 heteroatoms. The predicted molar refractivity (Wildman–Crippen MR) is 73.4 cm³/mol. The Morgan fingerprint density at radius 1 is 1.26 bits per heavy atom. The summed E-state index contributed by atoms with van der Waals surface area (Å²) in [6, 6.07) is 10.1. The summed E-state index contributed by atoms with van der Waals surface area (Å²) >= 11 is 0. The third-order valence-corrected chi connectivity index (χ3v) is 3.79. The number of aromatic nitrogens is 2. The van der Waals surface area contributed by atoms with E-state index in [2.05, 4.69) is 35.9 Å². The van der Waals surface area contributed by atoms with E-state index < -0.39 is 5.97 Å². The molecule has 0 unspecified atom stereocenters. The van der Waals surface area contributed by atoms with E-state index in [-0.39, 0.29) is 11.1 Å². The molecule has 2 rings (SSSR count). The molecule has 0 bridgehead atoms. The Morgan fingerprint density at radius 3 is 2.37 bits per heavy atom. The maximum absolute atomic E-state index is 11.0. The molecule has 0 aliphatic heterocycles. The molecule has 0 aliphatic carbocycles. The zero-order valence-electron chi connectivity index (χ0n) is 11.2. The average molecular weight is 258 g/mol. The molecule has 2 aromatic rings. The SMILES string of the molecule is CCC(CC)(c1ccccc1)c1ncc(C(=O)O)[nH]1. The topological polar surface area (TPSA) is 66.0 Å². The summed E-state index contributed by atoms with van der Waals surface area (Å²) < 4.78 is 0. The van der Waals surface area contributed by atoms with Gasteiger partial charge in [-0.2, -0.15) is 0 Å². The molecule has 4 nitrogen and oxygen atoms in total. The number of hydrogen-bond donors (Lipinski definition) is 2. The number of nitrogens with zero attached hydrogens (tertiary/aromatic N) is 1. The lowest BCUT2D eigenvalue weighted by atomic mass is 9.75. The highest BCUT2D eigenvalue weighted by atomic mass is 16.4. The lowest BCUT2D eigenvalue weighted by Gasteiger charge is -2.30. The van der Waals surface area contributed by atoms with Gasteiger partial charge in [0.15, 0.2) is 0 Å². The number of hydrogen-bond acceptors (Lipinski definition) is 2. The zero-order valence-corrected chi connectivity index (χ0v) is 11.2. The van der Waals surface area contributed by atoms with E-state index in [1.165, 1.54) is 6.20 Å². The first-order valence-corrected chi connectivity index (χ1v) is 6.48. The molecule has 1 heterocycles. The molecule has 0 fully saturated rings. The van der Waals surface area contributed by atoms with Crippen LogP contribution in [-0.2, 0) is 5.41 Å². The Morgan fingerprint density at radius 2 is 1.89 bits per heavy atom. The highest BCUT2D eigenvalue weighted by Gasteiger charge is 2.33. The molecular formula is C15H18N2O2. The van der Waals surface area contributed by atoms with Gasteiger partial charge in [-0.3, -0.25) is 0 Å². The number of rotatable bonds is 5. The van der Waals surface area contributed by atoms with Gasteiger partial charge in [-0.05, 0) is 18.4 Å². The van der Waals surface area contributed by atoms with Gasteiger partial charge in [0.2, 0.25) is 0 Å². The third-order valence-electron chi connectivity index (χ3n) is 3.79. The highest BCUT2D eigenvalue weighted by molar-refractivity contribution is 5.85. The highest BCUT2D eigenvalue weighted by Crippen LogP contribution is 2.36. The summed E-state index contributed by atoms with van der Waals surface area (Å²) in [5.74, 6) is -0.256. The van der Waals surface area contributed by atoms with Crippen molar-refractivity contribution in [1.82, 2.24) is 9.97 Å². The van der Waals surface area contributed by atoms with Gasteiger partial charge in [0.05, 0.1) is 11.6 Å². The van der Waals surface area contributed by atoms with Crippen LogP contribution in [-0.4, -0.2) is 21.0 Å². The lowest BCUT2D eigenvalue weighted by Crippen LogP contribution is -2.27. The van der Waals surface area contributed by atoms with Crippen LogP contribution in [0.3, 0.4) is 0 Å². The zero-order chi connectivity index (χ0) is 13.9. The molecule has 0 radical (unpaired) electrons. The second-order valence-corrected chi connectivity index (χ2v) is 4.61. The summed E-state index contributed by atoms with van der Waals surface area (Å²) in [5, 5.41) is 9.01. The van der Waals surface area contributed by atoms with Crippen molar-refractivity contribution in [1.29, 1.82) is 0 Å². The van der Waals surface area contributed by atoms with Gasteiger partial charge in [0.1, 0.15) is 11.5 Å². The first-order valence-electron chi connectivity index (χ1n) is 6.48. The smallest absolute Gasteiger partial charge is 0.353 e. The van der Waals surface area contributed by atoms with Gasteiger partial charge in [-0.25, -0.2) is 9.78 Å². The maximum Gasteiger partial charge on any atom is 0.353 e. The summed E-state index contributed by atoms with van der Waals surface area (Å²) in [5.41, 5.74) is 1.04. The normalized spacial score (nSPS) is 11.5. The molecule has 0 aliphatic rings. The number of aromatic amines is 1. The van der Waals surface area contributed by atoms with Crippen molar-refractivity contribution in [2.75, 3.05) is 0 Å². The minimum atomic E-state index is -0.979. The van der Waals surface area contributed by atoms with Gasteiger partial charge >= 0.3 is 5.97 Å². The first kappa shape index (κ1) is 13.3. The van der Waals surface area contributed by atoms with Crippen molar-refractivity contribution < 1.29 is 9.90 Å². The fraction of sp³-hybridized carbons (Fsp3) is 0.333. The molecular weight excluding hydrogens is 240 g/mol. The number of aromatic carboxylic acids is 1. The quantitative estimate of drug-likeness (QED) is 0.865. The molecule has 0 spiro atoms. The molecule has 0 atom stereocenters. The Labute approximate surface area is 112 Å². The Hall–Kier alpha value is -2.10. The van der Waals surface area contributed by atoms with Crippen LogP contribution >= 0.6 is 0 Å². The van der Waals surface area contributed by atoms with Crippen LogP contribution in [0.1, 0.15) is 48.6 Å². The standard InChI is InChI=1S/C15H18N2O2/c1-3-15(4-2,11-8-6-5-7-9-11)14-16-10-12(17-14)13(18)19/h5-10H,3-4H2,1-2H3,(H,16,17)(H,18,19). The van der Waals surface area contributed by atoms with Gasteiger partial charge in [0.25, 0.3) is 0 Å². The van der Waals surface area contributed by atoms with Crippen LogP contribution in [0, 0.1) is 0 Å². The molecule has 1 aromatic heterocycles. The second-order valence-electron chi connectivity index (χ2n) is 4.61. The van der Waals surface area contributed by atoms with Crippen molar-refractivity contribution in [3.63, 3.8) is 0 Å². The van der Waals surface area contributed by atoms with Crippen molar-refractivity contribution >= 4 is 5.97 Å². The van der Waals surface area contributed by atoms with E-state index in [1.807, 2.05) is 18.2 Å². The van der Waals surface area contributed by atoms with E-state index in [0.717, 1.165) is 24.2 Å². The van der Waals surface area contributed by atoms with Gasteiger partial charge < -0.3 is 10.1 Å². The number of H-pyrrole nitrogens is 1. The van der Waals surface area contributed by atoms with E-state index in [9.17, 15) is 4.79 Å². The molecule has 19 heavy (non-hydrogen) atoms. The van der Waals surface area contributed by atoms with Gasteiger partial charge in [0, 0.05) is 0 Å².